The van der Waals surface area contributed by atoms with Gasteiger partial charge in [-0.1, -0.05) is 0 Å². The lowest BCUT2D eigenvalue weighted by molar-refractivity contribution is 0.122. The summed E-state index contributed by atoms with van der Waals surface area (Å²) in [5.74, 6) is 2.10. The highest BCUT2D eigenvalue weighted by Gasteiger charge is 2.24. The highest BCUT2D eigenvalue weighted by atomic mass is 16.3. The van der Waals surface area contributed by atoms with Gasteiger partial charge in [0.1, 0.15) is 11.5 Å². The van der Waals surface area contributed by atoms with E-state index in [9.17, 15) is 0 Å². The summed E-state index contributed by atoms with van der Waals surface area (Å²) >= 11 is 0. The summed E-state index contributed by atoms with van der Waals surface area (Å²) in [7, 11) is 2.06. The first-order valence-electron chi connectivity index (χ1n) is 6.15. The molecule has 0 aromatic carbocycles. The maximum absolute atomic E-state index is 5.63. The summed E-state index contributed by atoms with van der Waals surface area (Å²) in [5.41, 5.74) is 0. The average Bonchev–Trinajstić information content (AvgIpc) is 2.67. The molecule has 0 bridgehead atoms. The minimum Gasteiger partial charge on any atom is -0.465 e. The van der Waals surface area contributed by atoms with Gasteiger partial charge < -0.3 is 9.73 Å². The Morgan fingerprint density at radius 3 is 2.88 bits per heavy atom. The molecule has 3 heteroatoms. The van der Waals surface area contributed by atoms with Gasteiger partial charge in [0.2, 0.25) is 0 Å². The first-order valence-corrected chi connectivity index (χ1v) is 6.15. The Bertz CT molecular complexity index is 334. The average molecular weight is 222 g/mol. The van der Waals surface area contributed by atoms with Crippen molar-refractivity contribution in [2.24, 2.45) is 0 Å². The summed E-state index contributed by atoms with van der Waals surface area (Å²) in [5, 5.41) is 3.37. The molecule has 1 N–H and O–H groups in total. The maximum Gasteiger partial charge on any atom is 0.118 e. The van der Waals surface area contributed by atoms with E-state index in [0.717, 1.165) is 24.6 Å². The van der Waals surface area contributed by atoms with Crippen LogP contribution >= 0.6 is 0 Å². The monoisotopic (exact) mass is 222 g/mol. The molecule has 16 heavy (non-hydrogen) atoms. The molecule has 0 radical (unpaired) electrons. The Kier molecular flexibility index (Phi) is 3.66. The van der Waals surface area contributed by atoms with Gasteiger partial charge in [0.25, 0.3) is 0 Å². The number of nitrogens with one attached hydrogen (secondary N) is 1. The molecule has 1 aromatic heterocycles. The fourth-order valence-electron chi connectivity index (χ4n) is 2.49. The first kappa shape index (κ1) is 11.7. The largest absolute Gasteiger partial charge is 0.465 e. The topological polar surface area (TPSA) is 28.4 Å². The van der Waals surface area contributed by atoms with Gasteiger partial charge in [0, 0.05) is 18.6 Å². The predicted molar refractivity (Wildman–Crippen MR) is 65.4 cm³/mol. The van der Waals surface area contributed by atoms with Gasteiger partial charge in [-0.25, -0.2) is 0 Å². The Morgan fingerprint density at radius 1 is 1.50 bits per heavy atom. The van der Waals surface area contributed by atoms with Crippen LogP contribution in [0.3, 0.4) is 0 Å². The summed E-state index contributed by atoms with van der Waals surface area (Å²) < 4.78 is 5.63. The zero-order chi connectivity index (χ0) is 11.5. The molecule has 2 atom stereocenters. The van der Waals surface area contributed by atoms with Crippen LogP contribution in [0.1, 0.15) is 31.3 Å². The number of furan rings is 1. The molecule has 2 unspecified atom stereocenters. The quantitative estimate of drug-likeness (QED) is 0.849. The van der Waals surface area contributed by atoms with Crippen LogP contribution in [0.4, 0.5) is 0 Å². The van der Waals surface area contributed by atoms with Gasteiger partial charge in [0.15, 0.2) is 0 Å². The molecule has 2 rings (SSSR count). The van der Waals surface area contributed by atoms with Crippen LogP contribution in [0, 0.1) is 6.92 Å². The third-order valence-electron chi connectivity index (χ3n) is 3.58. The fourth-order valence-corrected chi connectivity index (χ4v) is 2.49. The van der Waals surface area contributed by atoms with Gasteiger partial charge in [-0.05, 0) is 45.9 Å². The minimum atomic E-state index is 0.636. The second kappa shape index (κ2) is 5.02. The normalized spacial score (nSPS) is 27.2. The molecular formula is C13H22N2O. The Morgan fingerprint density at radius 2 is 2.31 bits per heavy atom. The molecule has 1 aliphatic rings. The number of hydrogen-bond donors (Lipinski definition) is 1. The maximum atomic E-state index is 5.63. The van der Waals surface area contributed by atoms with Gasteiger partial charge in [-0.2, -0.15) is 0 Å². The van der Waals surface area contributed by atoms with E-state index in [4.69, 9.17) is 4.42 Å². The summed E-state index contributed by atoms with van der Waals surface area (Å²) in [6.07, 6.45) is 2.47. The second-order valence-electron chi connectivity index (χ2n) is 4.84. The van der Waals surface area contributed by atoms with E-state index in [1.807, 2.05) is 13.0 Å². The van der Waals surface area contributed by atoms with Crippen LogP contribution < -0.4 is 5.32 Å². The van der Waals surface area contributed by atoms with E-state index in [0.29, 0.717) is 12.1 Å². The van der Waals surface area contributed by atoms with E-state index in [1.165, 1.54) is 12.8 Å². The van der Waals surface area contributed by atoms with Crippen molar-refractivity contribution >= 4 is 0 Å². The second-order valence-corrected chi connectivity index (χ2v) is 4.84. The van der Waals surface area contributed by atoms with E-state index < -0.39 is 0 Å². The van der Waals surface area contributed by atoms with Crippen molar-refractivity contribution in [3.8, 4) is 0 Å². The van der Waals surface area contributed by atoms with Crippen molar-refractivity contribution in [2.75, 3.05) is 13.6 Å². The number of aryl methyl sites for hydroxylation is 1. The van der Waals surface area contributed by atoms with Crippen LogP contribution in [0.25, 0.3) is 0 Å². The molecule has 0 saturated carbocycles. The lowest BCUT2D eigenvalue weighted by atomic mass is 9.98. The predicted octanol–water partition coefficient (Wildman–Crippen LogP) is 2.16. The Balaban J connectivity index is 1.91. The van der Waals surface area contributed by atoms with Crippen molar-refractivity contribution in [3.05, 3.63) is 23.7 Å². The van der Waals surface area contributed by atoms with Crippen molar-refractivity contribution < 1.29 is 4.42 Å². The molecule has 3 nitrogen and oxygen atoms in total. The summed E-state index contributed by atoms with van der Waals surface area (Å²) in [4.78, 5) is 2.51. The standard InChI is InChI=1S/C13H22N2O/c1-10-8-12(14-3)6-7-15(10)9-13-5-4-11(2)16-13/h4-5,10,12,14H,6-9H2,1-3H3. The van der Waals surface area contributed by atoms with Crippen LogP contribution in [0.2, 0.25) is 0 Å². The SMILES string of the molecule is CNC1CCN(Cc2ccc(C)o2)C(C)C1. The molecule has 1 aliphatic heterocycles. The van der Waals surface area contributed by atoms with Crippen molar-refractivity contribution in [2.45, 2.75) is 45.3 Å². The van der Waals surface area contributed by atoms with Gasteiger partial charge >= 0.3 is 0 Å². The van der Waals surface area contributed by atoms with Crippen LogP contribution in [-0.2, 0) is 6.54 Å². The molecule has 0 spiro atoms. The number of hydrogen-bond acceptors (Lipinski definition) is 3. The highest BCUT2D eigenvalue weighted by Crippen LogP contribution is 2.20. The Labute approximate surface area is 97.8 Å². The zero-order valence-corrected chi connectivity index (χ0v) is 10.5. The minimum absolute atomic E-state index is 0.636. The number of likely N-dealkylation sites (tertiary alicyclic amines) is 1. The summed E-state index contributed by atoms with van der Waals surface area (Å²) in [6.45, 7) is 6.41. The van der Waals surface area contributed by atoms with Gasteiger partial charge in [-0.15, -0.1) is 0 Å². The third kappa shape index (κ3) is 2.66. The summed E-state index contributed by atoms with van der Waals surface area (Å²) in [6, 6.07) is 5.45. The van der Waals surface area contributed by atoms with Gasteiger partial charge in [-0.3, -0.25) is 4.90 Å². The van der Waals surface area contributed by atoms with Crippen molar-refractivity contribution in [1.82, 2.24) is 10.2 Å². The number of nitrogens with zero attached hydrogens (tertiary/aromatic N) is 1. The lowest BCUT2D eigenvalue weighted by Gasteiger charge is -2.37. The molecule has 0 aliphatic carbocycles. The third-order valence-corrected chi connectivity index (χ3v) is 3.58. The molecule has 1 aromatic rings. The fraction of sp³-hybridized carbons (Fsp3) is 0.692. The number of piperidine rings is 1. The molecule has 1 fully saturated rings. The van der Waals surface area contributed by atoms with E-state index >= 15 is 0 Å². The zero-order valence-electron chi connectivity index (χ0n) is 10.5. The molecule has 0 amide bonds. The highest BCUT2D eigenvalue weighted by molar-refractivity contribution is 5.05. The number of rotatable bonds is 3. The first-order chi connectivity index (χ1) is 7.69. The molecule has 90 valence electrons. The smallest absolute Gasteiger partial charge is 0.118 e. The van der Waals surface area contributed by atoms with Crippen LogP contribution in [0.5, 0.6) is 0 Å². The molecular weight excluding hydrogens is 200 g/mol. The molecule has 1 saturated heterocycles. The van der Waals surface area contributed by atoms with Crippen LogP contribution in [-0.4, -0.2) is 30.6 Å². The van der Waals surface area contributed by atoms with Crippen molar-refractivity contribution in [3.63, 3.8) is 0 Å². The van der Waals surface area contributed by atoms with E-state index in [2.05, 4.69) is 30.3 Å². The van der Waals surface area contributed by atoms with Gasteiger partial charge in [0.05, 0.1) is 6.54 Å². The van der Waals surface area contributed by atoms with Crippen LogP contribution in [0.15, 0.2) is 16.5 Å². The van der Waals surface area contributed by atoms with E-state index in [-0.39, 0.29) is 0 Å². The molecule has 2 heterocycles. The van der Waals surface area contributed by atoms with Crippen molar-refractivity contribution in [1.29, 1.82) is 0 Å². The Hall–Kier alpha value is -0.800. The lowest BCUT2D eigenvalue weighted by Crippen LogP contribution is -2.45. The van der Waals surface area contributed by atoms with E-state index in [1.54, 1.807) is 0 Å².